The van der Waals surface area contributed by atoms with Crippen molar-refractivity contribution >= 4 is 35.0 Å². The molecule has 0 radical (unpaired) electrons. The van der Waals surface area contributed by atoms with Gasteiger partial charge < -0.3 is 14.5 Å². The fourth-order valence-electron chi connectivity index (χ4n) is 5.72. The fraction of sp³-hybridized carbons (Fsp3) is 0.667. The summed E-state index contributed by atoms with van der Waals surface area (Å²) >= 11 is 12.2. The minimum atomic E-state index is -0.604. The van der Waals surface area contributed by atoms with E-state index in [4.69, 9.17) is 27.9 Å². The van der Waals surface area contributed by atoms with E-state index in [1.54, 1.807) is 12.1 Å². The zero-order valence-corrected chi connectivity index (χ0v) is 20.4. The number of hydrogen-bond acceptors (Lipinski definition) is 4. The standard InChI is InChI=1S/C24H32Cl2FN3O3/c25-18-7-6-17(14-19(18)26)15-22(31)30-12-11-29(23(32)16-33-13-8-27)21-5-3-4-20(24(21)30)28-9-1-2-10-28/h6-7,14,20-21,24H,1-5,8-13,15-16H2/t20-,21-,24+/m0/s1. The van der Waals surface area contributed by atoms with Crippen LogP contribution in [0.5, 0.6) is 0 Å². The number of carbonyl (C=O) groups excluding carboxylic acids is 2. The summed E-state index contributed by atoms with van der Waals surface area (Å²) in [6, 6.07) is 5.45. The minimum Gasteiger partial charge on any atom is -0.369 e. The SMILES string of the molecule is O=C(Cc1ccc(Cl)c(Cl)c1)N1CCN(C(=O)COCCF)[C@H]2CCC[C@H](N3CCCC3)[C@H]21. The molecule has 2 aliphatic heterocycles. The highest BCUT2D eigenvalue weighted by Gasteiger charge is 2.48. The molecule has 0 N–H and O–H groups in total. The summed E-state index contributed by atoms with van der Waals surface area (Å²) < 4.78 is 17.6. The van der Waals surface area contributed by atoms with Crippen molar-refractivity contribution in [3.05, 3.63) is 33.8 Å². The lowest BCUT2D eigenvalue weighted by Gasteiger charge is -2.54. The predicted molar refractivity (Wildman–Crippen MR) is 126 cm³/mol. The third-order valence-electron chi connectivity index (χ3n) is 7.17. The molecule has 0 bridgehead atoms. The number of alkyl halides is 1. The number of rotatable bonds is 7. The molecule has 2 heterocycles. The molecule has 2 saturated heterocycles. The molecule has 1 saturated carbocycles. The molecule has 2 amide bonds. The highest BCUT2D eigenvalue weighted by Crippen LogP contribution is 2.35. The normalized spacial score (nSPS) is 25.8. The van der Waals surface area contributed by atoms with Crippen molar-refractivity contribution in [2.24, 2.45) is 0 Å². The van der Waals surface area contributed by atoms with Crippen molar-refractivity contribution in [1.82, 2.24) is 14.7 Å². The van der Waals surface area contributed by atoms with Gasteiger partial charge in [0.15, 0.2) is 0 Å². The van der Waals surface area contributed by atoms with Gasteiger partial charge in [-0.3, -0.25) is 14.5 Å². The largest absolute Gasteiger partial charge is 0.369 e. The first-order valence-electron chi connectivity index (χ1n) is 11.9. The number of halogens is 3. The maximum absolute atomic E-state index is 13.5. The van der Waals surface area contributed by atoms with E-state index in [-0.39, 0.29) is 49.6 Å². The first-order valence-corrected chi connectivity index (χ1v) is 12.7. The van der Waals surface area contributed by atoms with Crippen LogP contribution in [0, 0.1) is 0 Å². The molecule has 3 fully saturated rings. The number of hydrogen-bond donors (Lipinski definition) is 0. The van der Waals surface area contributed by atoms with Crippen LogP contribution in [0.2, 0.25) is 10.0 Å². The molecular weight excluding hydrogens is 468 g/mol. The van der Waals surface area contributed by atoms with Crippen LogP contribution >= 0.6 is 23.2 Å². The van der Waals surface area contributed by atoms with Crippen LogP contribution in [0.1, 0.15) is 37.7 Å². The van der Waals surface area contributed by atoms with Crippen LogP contribution < -0.4 is 0 Å². The van der Waals surface area contributed by atoms with Crippen LogP contribution in [0.4, 0.5) is 4.39 Å². The quantitative estimate of drug-likeness (QED) is 0.538. The van der Waals surface area contributed by atoms with Crippen LogP contribution in [0.15, 0.2) is 18.2 Å². The second-order valence-corrected chi connectivity index (χ2v) is 9.95. The van der Waals surface area contributed by atoms with Crippen LogP contribution in [-0.4, -0.2) is 90.7 Å². The molecule has 3 atom stereocenters. The highest BCUT2D eigenvalue weighted by atomic mass is 35.5. The van der Waals surface area contributed by atoms with E-state index >= 15 is 0 Å². The Balaban J connectivity index is 1.55. The van der Waals surface area contributed by atoms with E-state index in [1.807, 2.05) is 15.9 Å². The Labute approximate surface area is 204 Å². The van der Waals surface area contributed by atoms with E-state index in [1.165, 1.54) is 12.8 Å². The van der Waals surface area contributed by atoms with E-state index in [9.17, 15) is 14.0 Å². The lowest BCUT2D eigenvalue weighted by atomic mass is 9.81. The molecule has 1 aromatic rings. The summed E-state index contributed by atoms with van der Waals surface area (Å²) in [6.07, 6.45) is 5.50. The molecule has 1 aliphatic carbocycles. The highest BCUT2D eigenvalue weighted by molar-refractivity contribution is 6.42. The number of carbonyl (C=O) groups is 2. The number of likely N-dealkylation sites (tertiary alicyclic amines) is 1. The molecule has 9 heteroatoms. The van der Waals surface area contributed by atoms with Gasteiger partial charge in [-0.2, -0.15) is 0 Å². The average Bonchev–Trinajstić information content (AvgIpc) is 3.35. The van der Waals surface area contributed by atoms with E-state index in [0.717, 1.165) is 37.9 Å². The second kappa shape index (κ2) is 11.3. The third kappa shape index (κ3) is 5.64. The maximum atomic E-state index is 13.5. The van der Waals surface area contributed by atoms with Gasteiger partial charge in [-0.15, -0.1) is 0 Å². The van der Waals surface area contributed by atoms with E-state index < -0.39 is 6.67 Å². The van der Waals surface area contributed by atoms with Crippen molar-refractivity contribution < 1.29 is 18.7 Å². The van der Waals surface area contributed by atoms with Crippen molar-refractivity contribution in [3.63, 3.8) is 0 Å². The third-order valence-corrected chi connectivity index (χ3v) is 7.91. The average molecular weight is 500 g/mol. The molecule has 33 heavy (non-hydrogen) atoms. The summed E-state index contributed by atoms with van der Waals surface area (Å²) in [6.45, 7) is 2.25. The van der Waals surface area contributed by atoms with Gasteiger partial charge >= 0.3 is 0 Å². The van der Waals surface area contributed by atoms with Gasteiger partial charge in [-0.1, -0.05) is 29.3 Å². The Morgan fingerprint density at radius 3 is 2.39 bits per heavy atom. The molecule has 0 spiro atoms. The maximum Gasteiger partial charge on any atom is 0.248 e. The van der Waals surface area contributed by atoms with Gasteiger partial charge in [0.05, 0.1) is 35.2 Å². The molecule has 6 nitrogen and oxygen atoms in total. The molecular formula is C24H32Cl2FN3O3. The Hall–Kier alpha value is -1.41. The molecule has 3 aliphatic rings. The zero-order chi connectivity index (χ0) is 23.4. The Kier molecular flexibility index (Phi) is 8.49. The van der Waals surface area contributed by atoms with Gasteiger partial charge in [-0.25, -0.2) is 4.39 Å². The topological polar surface area (TPSA) is 53.1 Å². The van der Waals surface area contributed by atoms with Crippen molar-refractivity contribution in [2.45, 2.75) is 56.7 Å². The van der Waals surface area contributed by atoms with Gasteiger partial charge in [-0.05, 0) is 62.9 Å². The first-order chi connectivity index (χ1) is 16.0. The summed E-state index contributed by atoms with van der Waals surface area (Å²) in [7, 11) is 0. The van der Waals surface area contributed by atoms with E-state index in [2.05, 4.69) is 4.90 Å². The first kappa shape index (κ1) is 24.7. The van der Waals surface area contributed by atoms with Crippen molar-refractivity contribution in [2.75, 3.05) is 46.1 Å². The number of fused-ring (bicyclic) bond motifs is 1. The Bertz CT molecular complexity index is 852. The number of benzene rings is 1. The second-order valence-electron chi connectivity index (χ2n) is 9.14. The van der Waals surface area contributed by atoms with Gasteiger partial charge in [0.25, 0.3) is 0 Å². The van der Waals surface area contributed by atoms with Crippen LogP contribution in [0.25, 0.3) is 0 Å². The number of nitrogens with zero attached hydrogens (tertiary/aromatic N) is 3. The predicted octanol–water partition coefficient (Wildman–Crippen LogP) is 3.58. The molecule has 4 rings (SSSR count). The number of ether oxygens (including phenoxy) is 1. The molecule has 0 unspecified atom stereocenters. The molecule has 1 aromatic carbocycles. The lowest BCUT2D eigenvalue weighted by Crippen LogP contribution is -2.70. The summed E-state index contributed by atoms with van der Waals surface area (Å²) in [5, 5.41) is 0.910. The van der Waals surface area contributed by atoms with Gasteiger partial charge in [0.1, 0.15) is 13.3 Å². The van der Waals surface area contributed by atoms with Crippen LogP contribution in [-0.2, 0) is 20.7 Å². The zero-order valence-electron chi connectivity index (χ0n) is 18.9. The summed E-state index contributed by atoms with van der Waals surface area (Å²) in [4.78, 5) is 32.8. The minimum absolute atomic E-state index is 0.0441. The Morgan fingerprint density at radius 1 is 0.939 bits per heavy atom. The van der Waals surface area contributed by atoms with E-state index in [0.29, 0.717) is 23.1 Å². The summed E-state index contributed by atoms with van der Waals surface area (Å²) in [5.41, 5.74) is 0.831. The fourth-order valence-corrected chi connectivity index (χ4v) is 6.04. The summed E-state index contributed by atoms with van der Waals surface area (Å²) in [5.74, 6) is -0.0626. The smallest absolute Gasteiger partial charge is 0.248 e. The monoisotopic (exact) mass is 499 g/mol. The van der Waals surface area contributed by atoms with Crippen molar-refractivity contribution in [1.29, 1.82) is 0 Å². The van der Waals surface area contributed by atoms with Gasteiger partial charge in [0, 0.05) is 19.1 Å². The van der Waals surface area contributed by atoms with Gasteiger partial charge in [0.2, 0.25) is 11.8 Å². The molecule has 182 valence electrons. The lowest BCUT2D eigenvalue weighted by molar-refractivity contribution is -0.155. The van der Waals surface area contributed by atoms with Crippen LogP contribution in [0.3, 0.4) is 0 Å². The number of amides is 2. The Morgan fingerprint density at radius 2 is 1.67 bits per heavy atom. The number of piperazine rings is 1. The van der Waals surface area contributed by atoms with Crippen molar-refractivity contribution in [3.8, 4) is 0 Å². The molecule has 0 aromatic heterocycles.